The minimum Gasteiger partial charge on any atom is -0.461 e. The van der Waals surface area contributed by atoms with Crippen molar-refractivity contribution in [2.45, 2.75) is 31.3 Å². The van der Waals surface area contributed by atoms with Gasteiger partial charge in [-0.3, -0.25) is 4.79 Å². The highest BCUT2D eigenvalue weighted by Gasteiger charge is 2.41. The number of hydrogen-bond acceptors (Lipinski definition) is 3. The largest absolute Gasteiger partial charge is 0.461 e. The molecule has 1 aromatic rings. The first kappa shape index (κ1) is 11.5. The summed E-state index contributed by atoms with van der Waals surface area (Å²) in [4.78, 5) is 12.7. The Balaban J connectivity index is 1.87. The molecule has 1 atom stereocenters. The second-order valence-electron chi connectivity index (χ2n) is 4.74. The Kier molecular flexibility index (Phi) is 3.24. The molecule has 3 heteroatoms. The molecule has 1 saturated heterocycles. The summed E-state index contributed by atoms with van der Waals surface area (Å²) in [6.45, 7) is 3.89. The molecule has 0 N–H and O–H groups in total. The van der Waals surface area contributed by atoms with Crippen LogP contribution in [-0.2, 0) is 9.53 Å². The van der Waals surface area contributed by atoms with Gasteiger partial charge >= 0.3 is 5.97 Å². The number of benzene rings is 1. The van der Waals surface area contributed by atoms with Crippen molar-refractivity contribution in [1.29, 1.82) is 0 Å². The van der Waals surface area contributed by atoms with Crippen LogP contribution in [0.3, 0.4) is 0 Å². The Morgan fingerprint density at radius 3 is 2.62 bits per heavy atom. The van der Waals surface area contributed by atoms with E-state index in [0.29, 0.717) is 0 Å². The molecule has 2 nitrogen and oxygen atoms in total. The fourth-order valence-corrected chi connectivity index (χ4v) is 2.72. The van der Waals surface area contributed by atoms with Crippen LogP contribution in [0.4, 0.5) is 0 Å². The first-order valence-electron chi connectivity index (χ1n) is 5.47. The highest BCUT2D eigenvalue weighted by Crippen LogP contribution is 2.35. The van der Waals surface area contributed by atoms with E-state index in [0.717, 1.165) is 12.2 Å². The number of ether oxygens (including phenoxy) is 1. The van der Waals surface area contributed by atoms with Crippen molar-refractivity contribution in [3.05, 3.63) is 30.3 Å². The molecule has 0 bridgehead atoms. The second-order valence-corrected chi connectivity index (χ2v) is 5.83. The molecule has 1 fully saturated rings. The van der Waals surface area contributed by atoms with E-state index in [9.17, 15) is 4.79 Å². The molecule has 0 saturated carbocycles. The zero-order valence-corrected chi connectivity index (χ0v) is 10.4. The Morgan fingerprint density at radius 2 is 2.06 bits per heavy atom. The van der Waals surface area contributed by atoms with Gasteiger partial charge in [0.2, 0.25) is 0 Å². The summed E-state index contributed by atoms with van der Waals surface area (Å²) in [7, 11) is 0. The van der Waals surface area contributed by atoms with Gasteiger partial charge in [-0.2, -0.15) is 0 Å². The van der Waals surface area contributed by atoms with E-state index >= 15 is 0 Å². The minimum atomic E-state index is -0.304. The molecular weight excluding hydrogens is 220 g/mol. The van der Waals surface area contributed by atoms with Gasteiger partial charge in [-0.1, -0.05) is 18.2 Å². The van der Waals surface area contributed by atoms with E-state index in [-0.39, 0.29) is 17.5 Å². The molecule has 1 aromatic carbocycles. The van der Waals surface area contributed by atoms with Crippen LogP contribution in [0, 0.1) is 5.41 Å². The zero-order chi connectivity index (χ0) is 11.6. The molecule has 1 unspecified atom stereocenters. The van der Waals surface area contributed by atoms with Crippen LogP contribution in [0.15, 0.2) is 35.2 Å². The number of esters is 1. The lowest BCUT2D eigenvalue weighted by Gasteiger charge is -2.10. The van der Waals surface area contributed by atoms with Crippen LogP contribution in [0.5, 0.6) is 0 Å². The Hall–Kier alpha value is -0.960. The highest BCUT2D eigenvalue weighted by molar-refractivity contribution is 7.99. The van der Waals surface area contributed by atoms with E-state index in [4.69, 9.17) is 4.74 Å². The fraction of sp³-hybridized carbons (Fsp3) is 0.462. The molecular formula is C13H16O2S. The smallest absolute Gasteiger partial charge is 0.311 e. The Morgan fingerprint density at radius 1 is 1.38 bits per heavy atom. The number of carbonyl (C=O) groups excluding carboxylic acids is 1. The lowest BCUT2D eigenvalue weighted by molar-refractivity contribution is -0.146. The van der Waals surface area contributed by atoms with Crippen molar-refractivity contribution in [3.8, 4) is 0 Å². The van der Waals surface area contributed by atoms with E-state index in [1.165, 1.54) is 4.90 Å². The summed E-state index contributed by atoms with van der Waals surface area (Å²) in [5, 5.41) is 0. The second kappa shape index (κ2) is 4.50. The van der Waals surface area contributed by atoms with Gasteiger partial charge in [0.05, 0.1) is 5.41 Å². The average molecular weight is 236 g/mol. The van der Waals surface area contributed by atoms with Crippen LogP contribution in [-0.4, -0.2) is 17.8 Å². The maximum Gasteiger partial charge on any atom is 0.311 e. The molecule has 0 aliphatic carbocycles. The van der Waals surface area contributed by atoms with Crippen molar-refractivity contribution < 1.29 is 9.53 Å². The van der Waals surface area contributed by atoms with Crippen LogP contribution >= 0.6 is 11.8 Å². The molecule has 1 aliphatic heterocycles. The van der Waals surface area contributed by atoms with Gasteiger partial charge in [-0.15, -0.1) is 11.8 Å². The molecule has 2 rings (SSSR count). The normalized spacial score (nSPS) is 23.1. The maximum atomic E-state index is 11.5. The number of thioether (sulfide) groups is 1. The molecule has 1 heterocycles. The Labute approximate surface area is 100 Å². The summed E-state index contributed by atoms with van der Waals surface area (Å²) in [6, 6.07) is 10.2. The fourth-order valence-electron chi connectivity index (χ4n) is 1.80. The number of rotatable bonds is 3. The van der Waals surface area contributed by atoms with Crippen LogP contribution in [0.1, 0.15) is 20.3 Å². The third-order valence-electron chi connectivity index (χ3n) is 2.74. The van der Waals surface area contributed by atoms with Crippen LogP contribution in [0.25, 0.3) is 0 Å². The topological polar surface area (TPSA) is 26.3 Å². The molecule has 0 radical (unpaired) electrons. The van der Waals surface area contributed by atoms with Gasteiger partial charge in [0.25, 0.3) is 0 Å². The zero-order valence-electron chi connectivity index (χ0n) is 9.60. The summed E-state index contributed by atoms with van der Waals surface area (Å²) in [6.07, 6.45) is 0.888. The summed E-state index contributed by atoms with van der Waals surface area (Å²) < 4.78 is 5.34. The van der Waals surface area contributed by atoms with Gasteiger partial charge in [0.1, 0.15) is 6.10 Å². The molecule has 86 valence electrons. The summed E-state index contributed by atoms with van der Waals surface area (Å²) in [5.41, 5.74) is -0.304. The predicted molar refractivity (Wildman–Crippen MR) is 65.4 cm³/mol. The molecule has 0 spiro atoms. The van der Waals surface area contributed by atoms with E-state index in [1.807, 2.05) is 32.0 Å². The van der Waals surface area contributed by atoms with E-state index in [2.05, 4.69) is 12.1 Å². The van der Waals surface area contributed by atoms with Crippen molar-refractivity contribution in [3.63, 3.8) is 0 Å². The number of cyclic esters (lactones) is 1. The van der Waals surface area contributed by atoms with Crippen LogP contribution in [0.2, 0.25) is 0 Å². The number of hydrogen-bond donors (Lipinski definition) is 0. The third-order valence-corrected chi connectivity index (χ3v) is 3.89. The molecule has 0 aromatic heterocycles. The minimum absolute atomic E-state index is 0.0627. The number of carbonyl (C=O) groups is 1. The third kappa shape index (κ3) is 2.59. The summed E-state index contributed by atoms with van der Waals surface area (Å²) >= 11 is 1.74. The van der Waals surface area contributed by atoms with Crippen molar-refractivity contribution in [2.24, 2.45) is 5.41 Å². The maximum absolute atomic E-state index is 11.5. The van der Waals surface area contributed by atoms with Gasteiger partial charge in [0.15, 0.2) is 0 Å². The highest BCUT2D eigenvalue weighted by atomic mass is 32.2. The predicted octanol–water partition coefficient (Wildman–Crippen LogP) is 3.12. The van der Waals surface area contributed by atoms with Gasteiger partial charge in [-0.25, -0.2) is 0 Å². The van der Waals surface area contributed by atoms with Gasteiger partial charge in [-0.05, 0) is 26.0 Å². The SMILES string of the molecule is CC1(C)CC(CSc2ccccc2)OC1=O. The van der Waals surface area contributed by atoms with E-state index in [1.54, 1.807) is 11.8 Å². The Bertz CT molecular complexity index is 373. The lowest BCUT2D eigenvalue weighted by atomic mass is 9.90. The molecule has 0 amide bonds. The monoisotopic (exact) mass is 236 g/mol. The first-order chi connectivity index (χ1) is 7.58. The van der Waals surface area contributed by atoms with Crippen molar-refractivity contribution >= 4 is 17.7 Å². The molecule has 16 heavy (non-hydrogen) atoms. The van der Waals surface area contributed by atoms with Gasteiger partial charge < -0.3 is 4.74 Å². The first-order valence-corrected chi connectivity index (χ1v) is 6.45. The lowest BCUT2D eigenvalue weighted by Crippen LogP contribution is -2.16. The van der Waals surface area contributed by atoms with Crippen molar-refractivity contribution in [1.82, 2.24) is 0 Å². The van der Waals surface area contributed by atoms with Crippen LogP contribution < -0.4 is 0 Å². The van der Waals surface area contributed by atoms with E-state index < -0.39 is 0 Å². The standard InChI is InChI=1S/C13H16O2S/c1-13(2)8-10(15-12(13)14)9-16-11-6-4-3-5-7-11/h3-7,10H,8-9H2,1-2H3. The van der Waals surface area contributed by atoms with Gasteiger partial charge in [0, 0.05) is 17.1 Å². The average Bonchev–Trinajstić information content (AvgIpc) is 2.52. The summed E-state index contributed by atoms with van der Waals surface area (Å²) in [5.74, 6) is 0.783. The molecule has 1 aliphatic rings. The van der Waals surface area contributed by atoms with Crippen molar-refractivity contribution in [2.75, 3.05) is 5.75 Å². The quantitative estimate of drug-likeness (QED) is 0.596.